The molecule has 0 aliphatic carbocycles. The van der Waals surface area contributed by atoms with Crippen molar-refractivity contribution in [1.82, 2.24) is 5.32 Å². The zero-order valence-corrected chi connectivity index (χ0v) is 10.9. The van der Waals surface area contributed by atoms with Crippen molar-refractivity contribution in [1.29, 1.82) is 0 Å². The first-order chi connectivity index (χ1) is 9.20. The Morgan fingerprint density at radius 2 is 2.42 bits per heavy atom. The summed E-state index contributed by atoms with van der Waals surface area (Å²) < 4.78 is 5.41. The Bertz CT molecular complexity index is 470. The van der Waals surface area contributed by atoms with E-state index in [-0.39, 0.29) is 12.5 Å². The van der Waals surface area contributed by atoms with Gasteiger partial charge in [-0.15, -0.1) is 6.58 Å². The molecule has 1 aromatic rings. The summed E-state index contributed by atoms with van der Waals surface area (Å²) in [5.74, 6) is 0.828. The Labute approximate surface area is 113 Å². The van der Waals surface area contributed by atoms with Gasteiger partial charge in [0.05, 0.1) is 12.7 Å². The highest BCUT2D eigenvalue weighted by Crippen LogP contribution is 2.27. The minimum Gasteiger partial charge on any atom is -0.493 e. The lowest BCUT2D eigenvalue weighted by atomic mass is 10.0. The molecular weight excluding hydrogens is 242 g/mol. The van der Waals surface area contributed by atoms with Gasteiger partial charge < -0.3 is 15.2 Å². The van der Waals surface area contributed by atoms with Crippen LogP contribution < -0.4 is 10.1 Å². The average molecular weight is 261 g/mol. The smallest absolute Gasteiger partial charge is 0.220 e. The summed E-state index contributed by atoms with van der Waals surface area (Å²) in [5.41, 5.74) is 1.93. The Balaban J connectivity index is 1.87. The van der Waals surface area contributed by atoms with Gasteiger partial charge in [-0.2, -0.15) is 0 Å². The molecule has 1 aliphatic heterocycles. The van der Waals surface area contributed by atoms with Crippen LogP contribution >= 0.6 is 0 Å². The molecule has 0 aromatic heterocycles. The number of amides is 1. The summed E-state index contributed by atoms with van der Waals surface area (Å²) in [4.78, 5) is 11.4. The van der Waals surface area contributed by atoms with Crippen molar-refractivity contribution in [2.45, 2.75) is 25.4 Å². The van der Waals surface area contributed by atoms with Gasteiger partial charge in [0.2, 0.25) is 5.91 Å². The molecule has 1 heterocycles. The lowest BCUT2D eigenvalue weighted by Crippen LogP contribution is -2.28. The number of hydrogen-bond donors (Lipinski definition) is 2. The number of nitrogens with one attached hydrogen (secondary N) is 1. The average Bonchev–Trinajstić information content (AvgIpc) is 2.89. The Morgan fingerprint density at radius 1 is 1.58 bits per heavy atom. The molecule has 2 N–H and O–H groups in total. The summed E-state index contributed by atoms with van der Waals surface area (Å²) in [6.07, 6.45) is 2.96. The van der Waals surface area contributed by atoms with Crippen LogP contribution in [0.5, 0.6) is 5.75 Å². The molecule has 1 atom stereocenters. The molecule has 1 amide bonds. The van der Waals surface area contributed by atoms with Crippen molar-refractivity contribution < 1.29 is 14.6 Å². The zero-order chi connectivity index (χ0) is 13.7. The number of allylic oxidation sites excluding steroid dienone is 1. The van der Waals surface area contributed by atoms with Crippen molar-refractivity contribution in [3.8, 4) is 5.75 Å². The van der Waals surface area contributed by atoms with Crippen LogP contribution in [0.1, 0.15) is 30.1 Å². The zero-order valence-electron chi connectivity index (χ0n) is 10.9. The second-order valence-electron chi connectivity index (χ2n) is 4.61. The summed E-state index contributed by atoms with van der Waals surface area (Å²) in [6, 6.07) is 5.66. The molecule has 1 aliphatic rings. The Hall–Kier alpha value is -1.81. The van der Waals surface area contributed by atoms with Crippen LogP contribution in [0.15, 0.2) is 30.9 Å². The van der Waals surface area contributed by atoms with Gasteiger partial charge in [-0.1, -0.05) is 12.1 Å². The maximum atomic E-state index is 11.4. The summed E-state index contributed by atoms with van der Waals surface area (Å²) >= 11 is 0. The number of carbonyl (C=O) groups excluding carboxylic acids is 1. The first-order valence-electron chi connectivity index (χ1n) is 6.52. The van der Waals surface area contributed by atoms with E-state index in [2.05, 4.69) is 11.9 Å². The third kappa shape index (κ3) is 3.58. The summed E-state index contributed by atoms with van der Waals surface area (Å²) in [5, 5.41) is 12.8. The fourth-order valence-corrected chi connectivity index (χ4v) is 2.06. The van der Waals surface area contributed by atoms with Crippen LogP contribution in [0.25, 0.3) is 0 Å². The van der Waals surface area contributed by atoms with Crippen LogP contribution in [0.2, 0.25) is 0 Å². The molecule has 4 heteroatoms. The standard InChI is InChI=1S/C15H19NO3/c1-2-3-4-15(18)16-10-13(17)11-5-6-14-12(9-11)7-8-19-14/h2,5-6,9,13,17H,1,3-4,7-8,10H2,(H,16,18)/t13-/m0/s1. The van der Waals surface area contributed by atoms with E-state index < -0.39 is 6.10 Å². The third-order valence-corrected chi connectivity index (χ3v) is 3.17. The fourth-order valence-electron chi connectivity index (χ4n) is 2.06. The van der Waals surface area contributed by atoms with Gasteiger partial charge in [0.25, 0.3) is 0 Å². The number of fused-ring (bicyclic) bond motifs is 1. The predicted octanol–water partition coefficient (Wildman–Crippen LogP) is 1.74. The van der Waals surface area contributed by atoms with Crippen LogP contribution in [0.3, 0.4) is 0 Å². The highest BCUT2D eigenvalue weighted by atomic mass is 16.5. The quantitative estimate of drug-likeness (QED) is 0.767. The number of carbonyl (C=O) groups is 1. The van der Waals surface area contributed by atoms with E-state index in [1.54, 1.807) is 6.08 Å². The van der Waals surface area contributed by atoms with E-state index in [4.69, 9.17) is 4.74 Å². The highest BCUT2D eigenvalue weighted by molar-refractivity contribution is 5.76. The number of benzene rings is 1. The third-order valence-electron chi connectivity index (χ3n) is 3.17. The van der Waals surface area contributed by atoms with Gasteiger partial charge in [-0.05, 0) is 29.7 Å². The van der Waals surface area contributed by atoms with Crippen molar-refractivity contribution in [2.75, 3.05) is 13.2 Å². The molecule has 102 valence electrons. The van der Waals surface area contributed by atoms with Gasteiger partial charge in [0, 0.05) is 19.4 Å². The molecule has 0 bridgehead atoms. The second-order valence-corrected chi connectivity index (χ2v) is 4.61. The molecule has 0 spiro atoms. The molecule has 0 saturated carbocycles. The van der Waals surface area contributed by atoms with E-state index in [1.165, 1.54) is 0 Å². The first kappa shape index (κ1) is 13.6. The van der Waals surface area contributed by atoms with Crippen molar-refractivity contribution in [3.63, 3.8) is 0 Å². The number of aliphatic hydroxyl groups is 1. The van der Waals surface area contributed by atoms with Gasteiger partial charge in [0.1, 0.15) is 5.75 Å². The first-order valence-corrected chi connectivity index (χ1v) is 6.52. The fraction of sp³-hybridized carbons (Fsp3) is 0.400. The summed E-state index contributed by atoms with van der Waals surface area (Å²) in [6.45, 7) is 4.50. The van der Waals surface area contributed by atoms with E-state index in [0.29, 0.717) is 19.4 Å². The molecule has 0 fully saturated rings. The van der Waals surface area contributed by atoms with Crippen LogP contribution in [-0.4, -0.2) is 24.2 Å². The largest absolute Gasteiger partial charge is 0.493 e. The van der Waals surface area contributed by atoms with Gasteiger partial charge in [0.15, 0.2) is 0 Å². The number of aliphatic hydroxyl groups excluding tert-OH is 1. The molecule has 4 nitrogen and oxygen atoms in total. The number of ether oxygens (including phenoxy) is 1. The lowest BCUT2D eigenvalue weighted by molar-refractivity contribution is -0.121. The van der Waals surface area contributed by atoms with Crippen molar-refractivity contribution in [3.05, 3.63) is 42.0 Å². The lowest BCUT2D eigenvalue weighted by Gasteiger charge is -2.13. The summed E-state index contributed by atoms with van der Waals surface area (Å²) in [7, 11) is 0. The van der Waals surface area contributed by atoms with Crippen LogP contribution in [-0.2, 0) is 11.2 Å². The number of hydrogen-bond acceptors (Lipinski definition) is 3. The van der Waals surface area contributed by atoms with Crippen molar-refractivity contribution >= 4 is 5.91 Å². The molecule has 1 aromatic carbocycles. The Morgan fingerprint density at radius 3 is 3.21 bits per heavy atom. The van der Waals surface area contributed by atoms with Gasteiger partial charge in [-0.25, -0.2) is 0 Å². The number of rotatable bonds is 6. The monoisotopic (exact) mass is 261 g/mol. The van der Waals surface area contributed by atoms with Gasteiger partial charge in [-0.3, -0.25) is 4.79 Å². The molecule has 0 radical (unpaired) electrons. The molecule has 0 unspecified atom stereocenters. The maximum absolute atomic E-state index is 11.4. The SMILES string of the molecule is C=CCCC(=O)NC[C@H](O)c1ccc2c(c1)CCO2. The highest BCUT2D eigenvalue weighted by Gasteiger charge is 2.15. The van der Waals surface area contributed by atoms with Crippen LogP contribution in [0, 0.1) is 0 Å². The van der Waals surface area contributed by atoms with Gasteiger partial charge >= 0.3 is 0 Å². The van der Waals surface area contributed by atoms with E-state index in [0.717, 1.165) is 23.3 Å². The van der Waals surface area contributed by atoms with E-state index >= 15 is 0 Å². The van der Waals surface area contributed by atoms with E-state index in [9.17, 15) is 9.90 Å². The minimum absolute atomic E-state index is 0.0663. The maximum Gasteiger partial charge on any atom is 0.220 e. The topological polar surface area (TPSA) is 58.6 Å². The van der Waals surface area contributed by atoms with Crippen LogP contribution in [0.4, 0.5) is 0 Å². The molecule has 2 rings (SSSR count). The van der Waals surface area contributed by atoms with Crippen molar-refractivity contribution in [2.24, 2.45) is 0 Å². The predicted molar refractivity (Wildman–Crippen MR) is 73.0 cm³/mol. The molecule has 0 saturated heterocycles. The Kier molecular flexibility index (Phi) is 4.58. The minimum atomic E-state index is -0.682. The second kappa shape index (κ2) is 6.38. The molecule has 19 heavy (non-hydrogen) atoms. The van der Waals surface area contributed by atoms with E-state index in [1.807, 2.05) is 18.2 Å². The normalized spacial score (nSPS) is 14.4. The molecular formula is C15H19NO3.